The van der Waals surface area contributed by atoms with E-state index in [0.29, 0.717) is 6.07 Å². The quantitative estimate of drug-likeness (QED) is 0.839. The van der Waals surface area contributed by atoms with Gasteiger partial charge >= 0.3 is 12.1 Å². The molecule has 2 aromatic carbocycles. The number of carbonyl (C=O) groups is 1. The fourth-order valence-electron chi connectivity index (χ4n) is 1.77. The van der Waals surface area contributed by atoms with Crippen LogP contribution in [0.25, 0.3) is 11.1 Å². The molecular formula is C14H8F4O2. The zero-order chi connectivity index (χ0) is 14.9. The van der Waals surface area contributed by atoms with Gasteiger partial charge in [-0.05, 0) is 23.8 Å². The van der Waals surface area contributed by atoms with E-state index in [9.17, 15) is 22.4 Å². The summed E-state index contributed by atoms with van der Waals surface area (Å²) in [4.78, 5) is 10.7. The molecule has 0 radical (unpaired) electrons. The third-order valence-electron chi connectivity index (χ3n) is 2.75. The normalized spacial score (nSPS) is 11.4. The molecule has 2 nitrogen and oxygen atoms in total. The summed E-state index contributed by atoms with van der Waals surface area (Å²) in [6.07, 6.45) is -4.78. The Morgan fingerprint density at radius 2 is 1.60 bits per heavy atom. The van der Waals surface area contributed by atoms with Gasteiger partial charge in [-0.15, -0.1) is 0 Å². The summed E-state index contributed by atoms with van der Waals surface area (Å²) in [5, 5.41) is 8.73. The highest BCUT2D eigenvalue weighted by atomic mass is 19.4. The maximum atomic E-state index is 13.9. The second-order valence-electron chi connectivity index (χ2n) is 4.05. The van der Waals surface area contributed by atoms with Gasteiger partial charge in [0, 0.05) is 5.56 Å². The highest BCUT2D eigenvalue weighted by Crippen LogP contribution is 2.35. The second-order valence-corrected chi connectivity index (χ2v) is 4.05. The number of benzene rings is 2. The third-order valence-corrected chi connectivity index (χ3v) is 2.75. The maximum Gasteiger partial charge on any atom is 0.419 e. The Bertz CT molecular complexity index is 645. The van der Waals surface area contributed by atoms with Gasteiger partial charge < -0.3 is 5.11 Å². The zero-order valence-corrected chi connectivity index (χ0v) is 9.91. The van der Waals surface area contributed by atoms with Crippen molar-refractivity contribution in [2.45, 2.75) is 6.18 Å². The predicted octanol–water partition coefficient (Wildman–Crippen LogP) is 4.21. The molecule has 0 heterocycles. The van der Waals surface area contributed by atoms with Crippen molar-refractivity contribution in [3.05, 3.63) is 59.4 Å². The van der Waals surface area contributed by atoms with E-state index < -0.39 is 23.5 Å². The molecule has 104 valence electrons. The number of aromatic carboxylic acids is 1. The molecule has 6 heteroatoms. The van der Waals surface area contributed by atoms with Gasteiger partial charge in [0.15, 0.2) is 0 Å². The lowest BCUT2D eigenvalue weighted by Gasteiger charge is -2.11. The van der Waals surface area contributed by atoms with E-state index in [1.807, 2.05) is 0 Å². The van der Waals surface area contributed by atoms with Crippen molar-refractivity contribution >= 4 is 5.97 Å². The molecule has 0 saturated heterocycles. The largest absolute Gasteiger partial charge is 0.478 e. The SMILES string of the molecule is O=C(O)c1ccc(-c2cccc(C(F)(F)F)c2F)cc1. The van der Waals surface area contributed by atoms with Gasteiger partial charge in [0.1, 0.15) is 5.82 Å². The summed E-state index contributed by atoms with van der Waals surface area (Å²) in [7, 11) is 0. The van der Waals surface area contributed by atoms with E-state index >= 15 is 0 Å². The molecule has 1 N–H and O–H groups in total. The Morgan fingerprint density at radius 1 is 1.00 bits per heavy atom. The summed E-state index contributed by atoms with van der Waals surface area (Å²) in [5.74, 6) is -2.54. The van der Waals surface area contributed by atoms with Crippen LogP contribution in [0.4, 0.5) is 17.6 Å². The van der Waals surface area contributed by atoms with Crippen molar-refractivity contribution in [1.29, 1.82) is 0 Å². The van der Waals surface area contributed by atoms with Crippen molar-refractivity contribution < 1.29 is 27.5 Å². The molecule has 0 aliphatic heterocycles. The third kappa shape index (κ3) is 2.64. The molecule has 0 aliphatic carbocycles. The minimum absolute atomic E-state index is 0.0267. The monoisotopic (exact) mass is 284 g/mol. The first-order valence-corrected chi connectivity index (χ1v) is 5.50. The van der Waals surface area contributed by atoms with Crippen LogP contribution in [0, 0.1) is 5.82 Å². The number of hydrogen-bond donors (Lipinski definition) is 1. The maximum absolute atomic E-state index is 13.9. The van der Waals surface area contributed by atoms with Crippen molar-refractivity contribution in [3.63, 3.8) is 0 Å². The van der Waals surface area contributed by atoms with E-state index in [1.165, 1.54) is 30.3 Å². The van der Waals surface area contributed by atoms with Crippen LogP contribution in [-0.4, -0.2) is 11.1 Å². The number of carboxylic acid groups (broad SMARTS) is 1. The summed E-state index contributed by atoms with van der Waals surface area (Å²) in [6, 6.07) is 7.91. The van der Waals surface area contributed by atoms with E-state index in [1.54, 1.807) is 0 Å². The molecule has 20 heavy (non-hydrogen) atoms. The second kappa shape index (κ2) is 4.96. The van der Waals surface area contributed by atoms with Crippen LogP contribution in [-0.2, 0) is 6.18 Å². The van der Waals surface area contributed by atoms with Crippen LogP contribution in [0.15, 0.2) is 42.5 Å². The topological polar surface area (TPSA) is 37.3 Å². The van der Waals surface area contributed by atoms with Crippen LogP contribution < -0.4 is 0 Å². The van der Waals surface area contributed by atoms with E-state index in [2.05, 4.69) is 0 Å². The molecule has 2 rings (SSSR count). The lowest BCUT2D eigenvalue weighted by atomic mass is 10.0. The van der Waals surface area contributed by atoms with Crippen molar-refractivity contribution in [3.8, 4) is 11.1 Å². The van der Waals surface area contributed by atoms with Crippen LogP contribution >= 0.6 is 0 Å². The highest BCUT2D eigenvalue weighted by Gasteiger charge is 2.34. The van der Waals surface area contributed by atoms with Gasteiger partial charge in [-0.25, -0.2) is 9.18 Å². The Hall–Kier alpha value is -2.37. The molecule has 0 saturated carbocycles. The fraction of sp³-hybridized carbons (Fsp3) is 0.0714. The van der Waals surface area contributed by atoms with E-state index in [-0.39, 0.29) is 16.7 Å². The molecule has 0 fully saturated rings. The molecule has 0 aromatic heterocycles. The lowest BCUT2D eigenvalue weighted by Crippen LogP contribution is -2.08. The molecule has 0 bridgehead atoms. The van der Waals surface area contributed by atoms with Gasteiger partial charge in [0.25, 0.3) is 0 Å². The number of carboxylic acids is 1. The molecular weight excluding hydrogens is 276 g/mol. The minimum Gasteiger partial charge on any atom is -0.478 e. The summed E-state index contributed by atoms with van der Waals surface area (Å²) < 4.78 is 51.7. The smallest absolute Gasteiger partial charge is 0.419 e. The highest BCUT2D eigenvalue weighted by molar-refractivity contribution is 5.88. The fourth-order valence-corrected chi connectivity index (χ4v) is 1.77. The summed E-state index contributed by atoms with van der Waals surface area (Å²) in [5.41, 5.74) is -1.42. The molecule has 0 aliphatic rings. The standard InChI is InChI=1S/C14H8F4O2/c15-12-10(2-1-3-11(12)14(16,17)18)8-4-6-9(7-5-8)13(19)20/h1-7H,(H,19,20). The predicted molar refractivity (Wildman–Crippen MR) is 63.8 cm³/mol. The van der Waals surface area contributed by atoms with Gasteiger partial charge in [-0.1, -0.05) is 24.3 Å². The van der Waals surface area contributed by atoms with Gasteiger partial charge in [0.2, 0.25) is 0 Å². The molecule has 0 spiro atoms. The van der Waals surface area contributed by atoms with Crippen molar-refractivity contribution in [2.75, 3.05) is 0 Å². The first-order valence-electron chi connectivity index (χ1n) is 5.50. The Labute approximate surface area is 111 Å². The molecule has 0 unspecified atom stereocenters. The Balaban J connectivity index is 2.51. The first kappa shape index (κ1) is 14.0. The molecule has 0 atom stereocenters. The van der Waals surface area contributed by atoms with E-state index in [4.69, 9.17) is 5.11 Å². The summed E-state index contributed by atoms with van der Waals surface area (Å²) in [6.45, 7) is 0. The summed E-state index contributed by atoms with van der Waals surface area (Å²) >= 11 is 0. The van der Waals surface area contributed by atoms with Crippen LogP contribution in [0.2, 0.25) is 0 Å². The van der Waals surface area contributed by atoms with Crippen molar-refractivity contribution in [2.24, 2.45) is 0 Å². The van der Waals surface area contributed by atoms with Gasteiger partial charge in [-0.2, -0.15) is 13.2 Å². The molecule has 2 aromatic rings. The van der Waals surface area contributed by atoms with Crippen molar-refractivity contribution in [1.82, 2.24) is 0 Å². The molecule has 0 amide bonds. The van der Waals surface area contributed by atoms with E-state index in [0.717, 1.165) is 6.07 Å². The average Bonchev–Trinajstić information content (AvgIpc) is 2.37. The number of rotatable bonds is 2. The van der Waals surface area contributed by atoms with Crippen LogP contribution in [0.1, 0.15) is 15.9 Å². The van der Waals surface area contributed by atoms with Gasteiger partial charge in [-0.3, -0.25) is 0 Å². The van der Waals surface area contributed by atoms with Crippen LogP contribution in [0.5, 0.6) is 0 Å². The average molecular weight is 284 g/mol. The number of halogens is 4. The van der Waals surface area contributed by atoms with Gasteiger partial charge in [0.05, 0.1) is 11.1 Å². The number of alkyl halides is 3. The Kier molecular flexibility index (Phi) is 3.48. The minimum atomic E-state index is -4.78. The van der Waals surface area contributed by atoms with Crippen LogP contribution in [0.3, 0.4) is 0 Å². The number of hydrogen-bond acceptors (Lipinski definition) is 1. The first-order chi connectivity index (χ1) is 9.30. The Morgan fingerprint density at radius 3 is 2.10 bits per heavy atom. The zero-order valence-electron chi connectivity index (χ0n) is 9.91. The lowest BCUT2D eigenvalue weighted by molar-refractivity contribution is -0.139.